The first kappa shape index (κ1) is 17.1. The maximum absolute atomic E-state index is 12.6. The number of amides is 1. The third-order valence-electron chi connectivity index (χ3n) is 4.02. The highest BCUT2D eigenvalue weighted by atomic mass is 16.5. The second-order valence-electron chi connectivity index (χ2n) is 5.68. The molecule has 1 aliphatic heterocycles. The maximum Gasteiger partial charge on any atom is 0.272 e. The molecule has 25 heavy (non-hydrogen) atoms. The Labute approximate surface area is 146 Å². The van der Waals surface area contributed by atoms with Crippen LogP contribution in [0.1, 0.15) is 10.5 Å². The number of methoxy groups -OCH3 is 1. The normalized spacial score (nSPS) is 14.4. The predicted octanol–water partition coefficient (Wildman–Crippen LogP) is 0.892. The molecule has 0 unspecified atom stereocenters. The zero-order valence-corrected chi connectivity index (χ0v) is 14.3. The lowest BCUT2D eigenvalue weighted by Gasteiger charge is -2.34. The summed E-state index contributed by atoms with van der Waals surface area (Å²) in [5, 5.41) is 3.18. The summed E-state index contributed by atoms with van der Waals surface area (Å²) in [6.07, 6.45) is 5.13. The molecule has 1 fully saturated rings. The number of rotatable bonds is 6. The van der Waals surface area contributed by atoms with E-state index < -0.39 is 0 Å². The van der Waals surface area contributed by atoms with Crippen molar-refractivity contribution in [2.24, 2.45) is 0 Å². The van der Waals surface area contributed by atoms with Crippen molar-refractivity contribution < 1.29 is 9.53 Å². The number of aromatic nitrogens is 3. The molecule has 0 atom stereocenters. The molecule has 0 radical (unpaired) electrons. The number of hydrogen-bond donors (Lipinski definition) is 1. The number of nitrogens with one attached hydrogen (secondary N) is 1. The minimum Gasteiger partial charge on any atom is -0.383 e. The third-order valence-corrected chi connectivity index (χ3v) is 4.02. The molecule has 0 saturated carbocycles. The Morgan fingerprint density at radius 1 is 1.16 bits per heavy atom. The van der Waals surface area contributed by atoms with Gasteiger partial charge in [0.25, 0.3) is 5.91 Å². The number of anilines is 2. The summed E-state index contributed by atoms with van der Waals surface area (Å²) in [5.41, 5.74) is 1.33. The van der Waals surface area contributed by atoms with Gasteiger partial charge in [0.2, 0.25) is 5.95 Å². The second-order valence-corrected chi connectivity index (χ2v) is 5.68. The van der Waals surface area contributed by atoms with E-state index in [1.54, 1.807) is 37.8 Å². The van der Waals surface area contributed by atoms with Gasteiger partial charge in [-0.15, -0.1) is 0 Å². The van der Waals surface area contributed by atoms with Crippen LogP contribution in [0.15, 0.2) is 36.8 Å². The van der Waals surface area contributed by atoms with Gasteiger partial charge in [0, 0.05) is 52.2 Å². The van der Waals surface area contributed by atoms with Crippen LogP contribution in [0.2, 0.25) is 0 Å². The van der Waals surface area contributed by atoms with Crippen LogP contribution < -0.4 is 10.2 Å². The van der Waals surface area contributed by atoms with Crippen LogP contribution in [0.5, 0.6) is 0 Å². The Balaban J connectivity index is 1.53. The van der Waals surface area contributed by atoms with Crippen LogP contribution in [0.3, 0.4) is 0 Å². The number of nitrogens with zero attached hydrogens (tertiary/aromatic N) is 5. The molecule has 3 heterocycles. The first-order chi connectivity index (χ1) is 12.3. The van der Waals surface area contributed by atoms with Crippen molar-refractivity contribution >= 4 is 17.5 Å². The molecule has 8 nitrogen and oxygen atoms in total. The van der Waals surface area contributed by atoms with Crippen LogP contribution in [-0.2, 0) is 4.74 Å². The Morgan fingerprint density at radius 3 is 2.56 bits per heavy atom. The molecular formula is C17H22N6O2. The van der Waals surface area contributed by atoms with Crippen molar-refractivity contribution in [3.63, 3.8) is 0 Å². The smallest absolute Gasteiger partial charge is 0.272 e. The fourth-order valence-electron chi connectivity index (χ4n) is 2.65. The molecule has 8 heteroatoms. The summed E-state index contributed by atoms with van der Waals surface area (Å²) < 4.78 is 4.99. The van der Waals surface area contributed by atoms with Crippen LogP contribution in [0.4, 0.5) is 11.6 Å². The zero-order valence-electron chi connectivity index (χ0n) is 14.3. The molecule has 1 aliphatic rings. The molecule has 1 N–H and O–H groups in total. The number of hydrogen-bond acceptors (Lipinski definition) is 7. The van der Waals surface area contributed by atoms with Gasteiger partial charge in [-0.05, 0) is 18.2 Å². The molecule has 1 saturated heterocycles. The van der Waals surface area contributed by atoms with Gasteiger partial charge >= 0.3 is 0 Å². The average Bonchev–Trinajstić information content (AvgIpc) is 2.69. The lowest BCUT2D eigenvalue weighted by Crippen LogP contribution is -2.49. The van der Waals surface area contributed by atoms with Crippen LogP contribution >= 0.6 is 0 Å². The fourth-order valence-corrected chi connectivity index (χ4v) is 2.65. The highest BCUT2D eigenvalue weighted by Crippen LogP contribution is 2.13. The number of pyridine rings is 1. The summed E-state index contributed by atoms with van der Waals surface area (Å²) in [6.45, 7) is 4.02. The molecule has 0 bridgehead atoms. The van der Waals surface area contributed by atoms with E-state index in [9.17, 15) is 4.79 Å². The first-order valence-electron chi connectivity index (χ1n) is 8.28. The van der Waals surface area contributed by atoms with Crippen molar-refractivity contribution in [3.8, 4) is 0 Å². The van der Waals surface area contributed by atoms with E-state index in [0.29, 0.717) is 51.0 Å². The number of carbonyl (C=O) groups is 1. The molecule has 132 valence electrons. The van der Waals surface area contributed by atoms with Crippen LogP contribution in [0.25, 0.3) is 0 Å². The third kappa shape index (κ3) is 4.42. The van der Waals surface area contributed by atoms with Crippen molar-refractivity contribution in [1.82, 2.24) is 19.9 Å². The lowest BCUT2D eigenvalue weighted by molar-refractivity contribution is 0.0740. The van der Waals surface area contributed by atoms with Gasteiger partial charge in [-0.1, -0.05) is 0 Å². The monoisotopic (exact) mass is 342 g/mol. The fraction of sp³-hybridized carbons (Fsp3) is 0.412. The van der Waals surface area contributed by atoms with Gasteiger partial charge in [0.15, 0.2) is 0 Å². The topological polar surface area (TPSA) is 83.5 Å². The molecule has 0 spiro atoms. The minimum absolute atomic E-state index is 0.0444. The SMILES string of the molecule is COCCNc1ccc(C(=O)N2CCN(c3ncccn3)CC2)nc1. The lowest BCUT2D eigenvalue weighted by atomic mass is 10.2. The van der Waals surface area contributed by atoms with E-state index >= 15 is 0 Å². The standard InChI is InChI=1S/C17H22N6O2/c1-25-12-7-18-14-3-4-15(21-13-14)16(24)22-8-10-23(11-9-22)17-19-5-2-6-20-17/h2-6,13,18H,7-12H2,1H3. The Bertz CT molecular complexity index is 671. The Morgan fingerprint density at radius 2 is 1.92 bits per heavy atom. The molecule has 0 aliphatic carbocycles. The summed E-state index contributed by atoms with van der Waals surface area (Å²) in [5.74, 6) is 0.663. The molecule has 3 rings (SSSR count). The Kier molecular flexibility index (Phi) is 5.73. The summed E-state index contributed by atoms with van der Waals surface area (Å²) in [4.78, 5) is 29.3. The highest BCUT2D eigenvalue weighted by molar-refractivity contribution is 5.92. The average molecular weight is 342 g/mol. The van der Waals surface area contributed by atoms with E-state index in [1.165, 1.54) is 0 Å². The number of carbonyl (C=O) groups excluding carboxylic acids is 1. The number of piperazine rings is 1. The van der Waals surface area contributed by atoms with Gasteiger partial charge in [-0.3, -0.25) is 4.79 Å². The van der Waals surface area contributed by atoms with Crippen molar-refractivity contribution in [2.45, 2.75) is 0 Å². The van der Waals surface area contributed by atoms with E-state index in [0.717, 1.165) is 5.69 Å². The first-order valence-corrected chi connectivity index (χ1v) is 8.28. The number of ether oxygens (including phenoxy) is 1. The van der Waals surface area contributed by atoms with E-state index in [-0.39, 0.29) is 5.91 Å². The summed E-state index contributed by atoms with van der Waals surface area (Å²) >= 11 is 0. The molecule has 2 aromatic rings. The Hall–Kier alpha value is -2.74. The minimum atomic E-state index is -0.0444. The van der Waals surface area contributed by atoms with E-state index in [1.807, 2.05) is 11.0 Å². The highest BCUT2D eigenvalue weighted by Gasteiger charge is 2.23. The van der Waals surface area contributed by atoms with Gasteiger partial charge in [0.05, 0.1) is 18.5 Å². The van der Waals surface area contributed by atoms with Crippen LogP contribution in [0, 0.1) is 0 Å². The maximum atomic E-state index is 12.6. The molecule has 0 aromatic carbocycles. The van der Waals surface area contributed by atoms with Crippen molar-refractivity contribution in [3.05, 3.63) is 42.5 Å². The molecule has 2 aromatic heterocycles. The van der Waals surface area contributed by atoms with Gasteiger partial charge in [0.1, 0.15) is 5.69 Å². The second kappa shape index (κ2) is 8.39. The van der Waals surface area contributed by atoms with Gasteiger partial charge in [-0.2, -0.15) is 0 Å². The predicted molar refractivity (Wildman–Crippen MR) is 94.8 cm³/mol. The quantitative estimate of drug-likeness (QED) is 0.781. The van der Waals surface area contributed by atoms with Crippen molar-refractivity contribution in [1.29, 1.82) is 0 Å². The summed E-state index contributed by atoms with van der Waals surface area (Å²) in [6, 6.07) is 5.41. The van der Waals surface area contributed by atoms with Gasteiger partial charge < -0.3 is 19.9 Å². The zero-order chi connectivity index (χ0) is 17.5. The largest absolute Gasteiger partial charge is 0.383 e. The summed E-state index contributed by atoms with van der Waals surface area (Å²) in [7, 11) is 1.66. The molecule has 1 amide bonds. The van der Waals surface area contributed by atoms with Crippen molar-refractivity contribution in [2.75, 3.05) is 56.7 Å². The van der Waals surface area contributed by atoms with E-state index in [4.69, 9.17) is 4.74 Å². The van der Waals surface area contributed by atoms with Gasteiger partial charge in [-0.25, -0.2) is 15.0 Å². The van der Waals surface area contributed by atoms with E-state index in [2.05, 4.69) is 25.2 Å². The van der Waals surface area contributed by atoms with Crippen LogP contribution in [-0.4, -0.2) is 72.2 Å². The molecular weight excluding hydrogens is 320 g/mol.